The van der Waals surface area contributed by atoms with Crippen LogP contribution in [0.3, 0.4) is 0 Å². The number of amides is 1. The summed E-state index contributed by atoms with van der Waals surface area (Å²) in [6, 6.07) is 14.9. The van der Waals surface area contributed by atoms with Crippen molar-refractivity contribution in [2.24, 2.45) is 4.40 Å². The van der Waals surface area contributed by atoms with Gasteiger partial charge in [0, 0.05) is 12.1 Å². The molecule has 0 spiro atoms. The molecule has 0 saturated heterocycles. The van der Waals surface area contributed by atoms with Gasteiger partial charge >= 0.3 is 10.2 Å². The average Bonchev–Trinajstić information content (AvgIpc) is 2.63. The standard InChI is InChI=1S/C21H23N3O4S/c1-14-8-10-17(11-9-14)28-20-7-5-4-6-19(20)22-21(25)13-12-18-15(2)23-29(26,27)24-16(18)3/h4-11,23H,12-13H2,1-3H3,(H,22,25). The van der Waals surface area contributed by atoms with E-state index in [1.165, 1.54) is 0 Å². The fourth-order valence-corrected chi connectivity index (χ4v) is 4.02. The number of nitrogens with one attached hydrogen (secondary N) is 2. The molecule has 2 aromatic rings. The van der Waals surface area contributed by atoms with Crippen molar-refractivity contribution in [3.63, 3.8) is 0 Å². The Hall–Kier alpha value is -3.13. The Morgan fingerprint density at radius 3 is 2.45 bits per heavy atom. The highest BCUT2D eigenvalue weighted by Crippen LogP contribution is 2.29. The summed E-state index contributed by atoms with van der Waals surface area (Å²) in [5.41, 5.74) is 3.32. The van der Waals surface area contributed by atoms with Gasteiger partial charge in [-0.3, -0.25) is 9.52 Å². The molecular weight excluding hydrogens is 390 g/mol. The van der Waals surface area contributed by atoms with Crippen LogP contribution < -0.4 is 14.8 Å². The van der Waals surface area contributed by atoms with Gasteiger partial charge in [-0.2, -0.15) is 8.42 Å². The van der Waals surface area contributed by atoms with E-state index in [0.29, 0.717) is 35.0 Å². The Bertz CT molecular complexity index is 1090. The lowest BCUT2D eigenvalue weighted by Crippen LogP contribution is -2.28. The van der Waals surface area contributed by atoms with Gasteiger partial charge in [-0.05, 0) is 57.0 Å². The fourth-order valence-electron chi connectivity index (χ4n) is 3.00. The van der Waals surface area contributed by atoms with E-state index >= 15 is 0 Å². The molecule has 0 aromatic heterocycles. The molecule has 0 saturated carbocycles. The zero-order chi connectivity index (χ0) is 21.0. The van der Waals surface area contributed by atoms with Crippen molar-refractivity contribution in [3.05, 3.63) is 65.4 Å². The molecule has 1 heterocycles. The van der Waals surface area contributed by atoms with Gasteiger partial charge < -0.3 is 10.1 Å². The van der Waals surface area contributed by atoms with Crippen LogP contribution in [0.25, 0.3) is 0 Å². The summed E-state index contributed by atoms with van der Waals surface area (Å²) in [6.07, 6.45) is 0.552. The van der Waals surface area contributed by atoms with Crippen LogP contribution in [0.5, 0.6) is 11.5 Å². The zero-order valence-electron chi connectivity index (χ0n) is 16.5. The van der Waals surface area contributed by atoms with Crippen molar-refractivity contribution in [2.45, 2.75) is 33.6 Å². The molecule has 8 heteroatoms. The molecule has 29 heavy (non-hydrogen) atoms. The number of ether oxygens (including phenoxy) is 1. The molecule has 0 fully saturated rings. The molecule has 0 unspecified atom stereocenters. The number of allylic oxidation sites excluding steroid dienone is 2. The van der Waals surface area contributed by atoms with Crippen molar-refractivity contribution < 1.29 is 17.9 Å². The second-order valence-corrected chi connectivity index (χ2v) is 8.15. The first-order valence-corrected chi connectivity index (χ1v) is 10.6. The van der Waals surface area contributed by atoms with Gasteiger partial charge in [-0.25, -0.2) is 0 Å². The summed E-state index contributed by atoms with van der Waals surface area (Å²) in [7, 11) is -3.68. The third-order valence-corrected chi connectivity index (χ3v) is 5.52. The highest BCUT2D eigenvalue weighted by molar-refractivity contribution is 7.88. The molecule has 7 nitrogen and oxygen atoms in total. The van der Waals surface area contributed by atoms with Crippen LogP contribution in [-0.4, -0.2) is 20.0 Å². The predicted molar refractivity (Wildman–Crippen MR) is 113 cm³/mol. The second-order valence-electron chi connectivity index (χ2n) is 6.82. The molecule has 2 aromatic carbocycles. The van der Waals surface area contributed by atoms with Gasteiger partial charge in [0.1, 0.15) is 5.75 Å². The van der Waals surface area contributed by atoms with Gasteiger partial charge in [0.25, 0.3) is 0 Å². The highest BCUT2D eigenvalue weighted by Gasteiger charge is 2.21. The molecular formula is C21H23N3O4S. The smallest absolute Gasteiger partial charge is 0.342 e. The third-order valence-electron chi connectivity index (χ3n) is 4.44. The first-order chi connectivity index (χ1) is 13.7. The number of aryl methyl sites for hydroxylation is 1. The number of carbonyl (C=O) groups excluding carboxylic acids is 1. The van der Waals surface area contributed by atoms with E-state index in [-0.39, 0.29) is 12.3 Å². The van der Waals surface area contributed by atoms with Crippen molar-refractivity contribution in [1.29, 1.82) is 0 Å². The molecule has 0 aliphatic carbocycles. The normalized spacial score (nSPS) is 15.3. The van der Waals surface area contributed by atoms with Gasteiger partial charge in [0.05, 0.1) is 11.4 Å². The maximum atomic E-state index is 12.5. The fraction of sp³-hybridized carbons (Fsp3) is 0.238. The number of benzene rings is 2. The Morgan fingerprint density at radius 2 is 1.76 bits per heavy atom. The van der Waals surface area contributed by atoms with Crippen molar-refractivity contribution >= 4 is 27.5 Å². The molecule has 0 bridgehead atoms. The Labute approximate surface area is 170 Å². The van der Waals surface area contributed by atoms with Crippen LogP contribution in [0, 0.1) is 6.92 Å². The Kier molecular flexibility index (Phi) is 6.03. The second kappa shape index (κ2) is 8.48. The van der Waals surface area contributed by atoms with E-state index in [2.05, 4.69) is 14.4 Å². The van der Waals surface area contributed by atoms with E-state index in [9.17, 15) is 13.2 Å². The topological polar surface area (TPSA) is 96.9 Å². The van der Waals surface area contributed by atoms with Gasteiger partial charge in [-0.1, -0.05) is 29.8 Å². The van der Waals surface area contributed by atoms with Crippen LogP contribution in [0.2, 0.25) is 0 Å². The number of anilines is 1. The lowest BCUT2D eigenvalue weighted by molar-refractivity contribution is -0.116. The minimum atomic E-state index is -3.68. The lowest BCUT2D eigenvalue weighted by atomic mass is 10.0. The number of rotatable bonds is 6. The number of para-hydroxylation sites is 2. The van der Waals surface area contributed by atoms with Crippen LogP contribution in [0.15, 0.2) is 64.2 Å². The molecule has 1 amide bonds. The van der Waals surface area contributed by atoms with Crippen LogP contribution in [-0.2, 0) is 15.0 Å². The predicted octanol–water partition coefficient (Wildman–Crippen LogP) is 4.09. The van der Waals surface area contributed by atoms with E-state index in [1.807, 2.05) is 43.3 Å². The average molecular weight is 413 g/mol. The Balaban J connectivity index is 1.66. The summed E-state index contributed by atoms with van der Waals surface area (Å²) < 4.78 is 35.1. The molecule has 0 atom stereocenters. The van der Waals surface area contributed by atoms with Gasteiger partial charge in [0.2, 0.25) is 5.91 Å². The first kappa shape index (κ1) is 20.6. The zero-order valence-corrected chi connectivity index (χ0v) is 17.3. The Morgan fingerprint density at radius 1 is 1.07 bits per heavy atom. The summed E-state index contributed by atoms with van der Waals surface area (Å²) in [5, 5.41) is 2.86. The monoisotopic (exact) mass is 413 g/mol. The van der Waals surface area contributed by atoms with Crippen molar-refractivity contribution in [1.82, 2.24) is 4.72 Å². The molecule has 0 radical (unpaired) electrons. The SMILES string of the molecule is CC1=NS(=O)(=O)NC(C)=C1CCC(=O)Nc1ccccc1Oc1ccc(C)cc1. The summed E-state index contributed by atoms with van der Waals surface area (Å²) >= 11 is 0. The molecule has 3 rings (SSSR count). The maximum Gasteiger partial charge on any atom is 0.342 e. The summed E-state index contributed by atoms with van der Waals surface area (Å²) in [6.45, 7) is 5.28. The van der Waals surface area contributed by atoms with Gasteiger partial charge in [-0.15, -0.1) is 4.40 Å². The van der Waals surface area contributed by atoms with E-state index in [0.717, 1.165) is 11.1 Å². The van der Waals surface area contributed by atoms with E-state index in [4.69, 9.17) is 4.74 Å². The summed E-state index contributed by atoms with van der Waals surface area (Å²) in [5.74, 6) is 1.02. The molecule has 1 aliphatic rings. The van der Waals surface area contributed by atoms with Gasteiger partial charge in [0.15, 0.2) is 5.75 Å². The maximum absolute atomic E-state index is 12.5. The van der Waals surface area contributed by atoms with Crippen LogP contribution in [0.4, 0.5) is 5.69 Å². The summed E-state index contributed by atoms with van der Waals surface area (Å²) in [4.78, 5) is 12.5. The lowest BCUT2D eigenvalue weighted by Gasteiger charge is -2.18. The van der Waals surface area contributed by atoms with E-state index in [1.54, 1.807) is 26.0 Å². The minimum Gasteiger partial charge on any atom is -0.455 e. The van der Waals surface area contributed by atoms with Crippen molar-refractivity contribution in [3.8, 4) is 11.5 Å². The largest absolute Gasteiger partial charge is 0.455 e. The van der Waals surface area contributed by atoms with E-state index < -0.39 is 10.2 Å². The minimum absolute atomic E-state index is 0.181. The number of hydrogen-bond donors (Lipinski definition) is 2. The molecule has 152 valence electrons. The number of hydrogen-bond acceptors (Lipinski definition) is 4. The quantitative estimate of drug-likeness (QED) is 0.745. The number of carbonyl (C=O) groups is 1. The van der Waals surface area contributed by atoms with Crippen LogP contribution in [0.1, 0.15) is 32.3 Å². The first-order valence-electron chi connectivity index (χ1n) is 9.16. The highest BCUT2D eigenvalue weighted by atomic mass is 32.2. The molecule has 1 aliphatic heterocycles. The van der Waals surface area contributed by atoms with Crippen LogP contribution >= 0.6 is 0 Å². The molecule has 2 N–H and O–H groups in total. The number of nitrogens with zero attached hydrogens (tertiary/aromatic N) is 1. The third kappa shape index (κ3) is 5.45. The van der Waals surface area contributed by atoms with Crippen molar-refractivity contribution in [2.75, 3.05) is 5.32 Å².